The second-order valence-corrected chi connectivity index (χ2v) is 7.40. The van der Waals surface area contributed by atoms with Gasteiger partial charge in [0.25, 0.3) is 0 Å². The highest BCUT2D eigenvalue weighted by molar-refractivity contribution is 5.93. The van der Waals surface area contributed by atoms with Crippen LogP contribution in [0.15, 0.2) is 42.5 Å². The maximum atomic E-state index is 12.4. The van der Waals surface area contributed by atoms with Crippen molar-refractivity contribution >= 4 is 34.2 Å². The quantitative estimate of drug-likeness (QED) is 0.616. The second kappa shape index (κ2) is 7.84. The van der Waals surface area contributed by atoms with Crippen LogP contribution in [0.1, 0.15) is 39.0 Å². The minimum Gasteiger partial charge on any atom is -0.338 e. The number of imidazole rings is 1. The van der Waals surface area contributed by atoms with Crippen LogP contribution >= 0.6 is 0 Å². The van der Waals surface area contributed by atoms with E-state index in [4.69, 9.17) is 0 Å². The number of nitrogens with one attached hydrogen (secondary N) is 3. The third-order valence-corrected chi connectivity index (χ3v) is 5.20. The van der Waals surface area contributed by atoms with Gasteiger partial charge in [-0.2, -0.15) is 0 Å². The van der Waals surface area contributed by atoms with Gasteiger partial charge in [-0.25, -0.2) is 4.98 Å². The van der Waals surface area contributed by atoms with Crippen molar-refractivity contribution in [2.45, 2.75) is 39.0 Å². The number of benzene rings is 2. The molecule has 1 saturated carbocycles. The average molecular weight is 376 g/mol. The third-order valence-electron chi connectivity index (χ3n) is 5.20. The van der Waals surface area contributed by atoms with Crippen LogP contribution in [0.25, 0.3) is 22.4 Å². The van der Waals surface area contributed by atoms with E-state index in [0.29, 0.717) is 0 Å². The van der Waals surface area contributed by atoms with Crippen LogP contribution in [0, 0.1) is 5.92 Å². The Morgan fingerprint density at radius 2 is 1.68 bits per heavy atom. The summed E-state index contributed by atoms with van der Waals surface area (Å²) in [6.07, 6.45) is 5.51. The number of carbonyl (C=O) groups is 2. The van der Waals surface area contributed by atoms with Gasteiger partial charge in [-0.05, 0) is 55.3 Å². The number of hydrogen-bond acceptors (Lipinski definition) is 3. The first kappa shape index (κ1) is 18.2. The summed E-state index contributed by atoms with van der Waals surface area (Å²) in [6, 6.07) is 13.3. The van der Waals surface area contributed by atoms with E-state index >= 15 is 0 Å². The number of hydrogen-bond donors (Lipinski definition) is 3. The summed E-state index contributed by atoms with van der Waals surface area (Å²) in [7, 11) is 0. The lowest BCUT2D eigenvalue weighted by molar-refractivity contribution is -0.120. The summed E-state index contributed by atoms with van der Waals surface area (Å²) in [5, 5.41) is 5.80. The van der Waals surface area contributed by atoms with Gasteiger partial charge in [0.15, 0.2) is 0 Å². The minimum absolute atomic E-state index is 0.107. The highest BCUT2D eigenvalue weighted by Crippen LogP contribution is 2.27. The van der Waals surface area contributed by atoms with Gasteiger partial charge < -0.3 is 15.6 Å². The highest BCUT2D eigenvalue weighted by atomic mass is 16.2. The average Bonchev–Trinajstić information content (AvgIpc) is 3.12. The molecular formula is C22H24N4O2. The van der Waals surface area contributed by atoms with Crippen molar-refractivity contribution in [3.05, 3.63) is 42.5 Å². The molecule has 0 saturated heterocycles. The highest BCUT2D eigenvalue weighted by Gasteiger charge is 2.21. The van der Waals surface area contributed by atoms with E-state index in [0.717, 1.165) is 59.5 Å². The molecule has 0 unspecified atom stereocenters. The largest absolute Gasteiger partial charge is 0.338 e. The van der Waals surface area contributed by atoms with Crippen LogP contribution in [0.2, 0.25) is 0 Å². The standard InChI is InChI=1S/C22H24N4O2/c1-14(27)23-18-11-12-19-20(13-18)26-21(25-19)15-7-9-17(10-8-15)24-22(28)16-5-3-2-4-6-16/h7-13,16H,2-6H2,1H3,(H,23,27)(H,24,28)(H,25,26). The summed E-state index contributed by atoms with van der Waals surface area (Å²) in [5.41, 5.74) is 4.17. The van der Waals surface area contributed by atoms with Crippen molar-refractivity contribution in [1.82, 2.24) is 9.97 Å². The molecule has 1 heterocycles. The van der Waals surface area contributed by atoms with Crippen molar-refractivity contribution < 1.29 is 9.59 Å². The van der Waals surface area contributed by atoms with Crippen LogP contribution in [0.4, 0.5) is 11.4 Å². The predicted molar refractivity (Wildman–Crippen MR) is 111 cm³/mol. The molecule has 3 N–H and O–H groups in total. The minimum atomic E-state index is -0.107. The second-order valence-electron chi connectivity index (χ2n) is 7.40. The molecule has 144 valence electrons. The number of amides is 2. The Labute approximate surface area is 163 Å². The molecule has 0 atom stereocenters. The Balaban J connectivity index is 1.48. The normalized spacial score (nSPS) is 14.8. The molecule has 3 aromatic rings. The summed E-state index contributed by atoms with van der Waals surface area (Å²) in [4.78, 5) is 31.5. The molecule has 28 heavy (non-hydrogen) atoms. The van der Waals surface area contributed by atoms with Crippen molar-refractivity contribution in [2.75, 3.05) is 10.6 Å². The van der Waals surface area contributed by atoms with E-state index < -0.39 is 0 Å². The first-order valence-electron chi connectivity index (χ1n) is 9.77. The molecular weight excluding hydrogens is 352 g/mol. The molecule has 1 aliphatic carbocycles. The van der Waals surface area contributed by atoms with Crippen molar-refractivity contribution in [1.29, 1.82) is 0 Å². The Hall–Kier alpha value is -3.15. The van der Waals surface area contributed by atoms with Crippen LogP contribution < -0.4 is 10.6 Å². The monoisotopic (exact) mass is 376 g/mol. The summed E-state index contributed by atoms with van der Waals surface area (Å²) < 4.78 is 0. The Morgan fingerprint density at radius 3 is 2.39 bits per heavy atom. The first-order valence-corrected chi connectivity index (χ1v) is 9.77. The molecule has 2 amide bonds. The van der Waals surface area contributed by atoms with Gasteiger partial charge in [-0.1, -0.05) is 19.3 Å². The molecule has 0 spiro atoms. The van der Waals surface area contributed by atoms with Gasteiger partial charge in [-0.3, -0.25) is 9.59 Å². The number of carbonyl (C=O) groups excluding carboxylic acids is 2. The Bertz CT molecular complexity index is 1000. The number of anilines is 2. The van der Waals surface area contributed by atoms with Crippen LogP contribution in [-0.2, 0) is 9.59 Å². The van der Waals surface area contributed by atoms with Crippen molar-refractivity contribution in [3.63, 3.8) is 0 Å². The maximum Gasteiger partial charge on any atom is 0.227 e. The Kier molecular flexibility index (Phi) is 5.10. The van der Waals surface area contributed by atoms with Crippen molar-refractivity contribution in [3.8, 4) is 11.4 Å². The van der Waals surface area contributed by atoms with Crippen LogP contribution in [-0.4, -0.2) is 21.8 Å². The molecule has 0 radical (unpaired) electrons. The number of H-pyrrole nitrogens is 1. The number of rotatable bonds is 4. The third kappa shape index (κ3) is 4.06. The van der Waals surface area contributed by atoms with Gasteiger partial charge in [-0.15, -0.1) is 0 Å². The first-order chi connectivity index (χ1) is 13.6. The summed E-state index contributed by atoms with van der Waals surface area (Å²) >= 11 is 0. The molecule has 1 aromatic heterocycles. The van der Waals surface area contributed by atoms with Gasteiger partial charge in [0, 0.05) is 29.8 Å². The van der Waals surface area contributed by atoms with E-state index in [1.165, 1.54) is 13.3 Å². The fourth-order valence-electron chi connectivity index (χ4n) is 3.75. The lowest BCUT2D eigenvalue weighted by Gasteiger charge is -2.20. The Morgan fingerprint density at radius 1 is 0.964 bits per heavy atom. The van der Waals surface area contributed by atoms with E-state index in [9.17, 15) is 9.59 Å². The lowest BCUT2D eigenvalue weighted by atomic mass is 9.88. The SMILES string of the molecule is CC(=O)Nc1ccc2nc(-c3ccc(NC(=O)C4CCCCC4)cc3)[nH]c2c1. The van der Waals surface area contributed by atoms with Gasteiger partial charge in [0.2, 0.25) is 11.8 Å². The fourth-order valence-corrected chi connectivity index (χ4v) is 3.75. The lowest BCUT2D eigenvalue weighted by Crippen LogP contribution is -2.24. The number of aromatic nitrogens is 2. The molecule has 0 aliphatic heterocycles. The number of fused-ring (bicyclic) bond motifs is 1. The van der Waals surface area contributed by atoms with E-state index in [2.05, 4.69) is 20.6 Å². The van der Waals surface area contributed by atoms with E-state index in [1.807, 2.05) is 42.5 Å². The number of aromatic amines is 1. The zero-order valence-corrected chi connectivity index (χ0v) is 15.9. The predicted octanol–water partition coefficient (Wildman–Crippen LogP) is 4.71. The van der Waals surface area contributed by atoms with E-state index in [-0.39, 0.29) is 17.7 Å². The molecule has 6 nitrogen and oxygen atoms in total. The van der Waals surface area contributed by atoms with Gasteiger partial charge in [0.05, 0.1) is 11.0 Å². The summed E-state index contributed by atoms with van der Waals surface area (Å²) in [5.74, 6) is 0.911. The maximum absolute atomic E-state index is 12.4. The zero-order valence-electron chi connectivity index (χ0n) is 15.9. The van der Waals surface area contributed by atoms with Gasteiger partial charge >= 0.3 is 0 Å². The smallest absolute Gasteiger partial charge is 0.227 e. The molecule has 1 fully saturated rings. The van der Waals surface area contributed by atoms with Gasteiger partial charge in [0.1, 0.15) is 5.82 Å². The fraction of sp³-hybridized carbons (Fsp3) is 0.318. The molecule has 1 aliphatic rings. The molecule has 0 bridgehead atoms. The van der Waals surface area contributed by atoms with Crippen molar-refractivity contribution in [2.24, 2.45) is 5.92 Å². The zero-order chi connectivity index (χ0) is 19.5. The van der Waals surface area contributed by atoms with Crippen LogP contribution in [0.5, 0.6) is 0 Å². The molecule has 2 aromatic carbocycles. The molecule has 6 heteroatoms. The van der Waals surface area contributed by atoms with Crippen LogP contribution in [0.3, 0.4) is 0 Å². The topological polar surface area (TPSA) is 86.9 Å². The van der Waals surface area contributed by atoms with E-state index in [1.54, 1.807) is 0 Å². The number of nitrogens with zero attached hydrogens (tertiary/aromatic N) is 1. The molecule has 4 rings (SSSR count). The summed E-state index contributed by atoms with van der Waals surface area (Å²) in [6.45, 7) is 1.48.